The van der Waals surface area contributed by atoms with E-state index < -0.39 is 5.60 Å². The zero-order valence-corrected chi connectivity index (χ0v) is 14.3. The summed E-state index contributed by atoms with van der Waals surface area (Å²) in [6.07, 6.45) is 3.57. The number of ether oxygens (including phenoxy) is 1. The van der Waals surface area contributed by atoms with Crippen molar-refractivity contribution in [1.29, 1.82) is 0 Å². The SMILES string of the molecule is O=C(N[C@@H]1CCC[C@@](O)(C#Cc2cccc(Cl)c2)C1)C1CCOC1. The van der Waals surface area contributed by atoms with Gasteiger partial charge >= 0.3 is 0 Å². The third-order valence-electron chi connectivity index (χ3n) is 4.64. The van der Waals surface area contributed by atoms with Crippen LogP contribution in [0, 0.1) is 17.8 Å². The molecule has 2 fully saturated rings. The van der Waals surface area contributed by atoms with Gasteiger partial charge in [0.05, 0.1) is 12.5 Å². The Morgan fingerprint density at radius 1 is 1.42 bits per heavy atom. The maximum Gasteiger partial charge on any atom is 0.225 e. The molecule has 1 saturated carbocycles. The second-order valence-electron chi connectivity index (χ2n) is 6.65. The topological polar surface area (TPSA) is 58.6 Å². The summed E-state index contributed by atoms with van der Waals surface area (Å²) in [5.74, 6) is 5.97. The van der Waals surface area contributed by atoms with E-state index in [2.05, 4.69) is 17.2 Å². The van der Waals surface area contributed by atoms with Crippen molar-refractivity contribution in [2.75, 3.05) is 13.2 Å². The standard InChI is InChI=1S/C19H22ClNO3/c20-16-4-1-3-14(11-16)6-9-19(23)8-2-5-17(12-19)21-18(22)15-7-10-24-13-15/h1,3-4,11,15,17,23H,2,5,7-8,10,12-13H2,(H,21,22)/t15?,17-,19-/m1/s1. The van der Waals surface area contributed by atoms with Gasteiger partial charge in [0.2, 0.25) is 5.91 Å². The first kappa shape index (κ1) is 17.3. The molecule has 1 amide bonds. The molecule has 4 nitrogen and oxygen atoms in total. The zero-order chi connectivity index (χ0) is 17.0. The van der Waals surface area contributed by atoms with E-state index in [9.17, 15) is 9.90 Å². The van der Waals surface area contributed by atoms with Gasteiger partial charge in [-0.25, -0.2) is 0 Å². The molecule has 0 radical (unpaired) electrons. The summed E-state index contributed by atoms with van der Waals surface area (Å²) in [4.78, 5) is 12.2. The van der Waals surface area contributed by atoms with E-state index in [0.717, 1.165) is 24.8 Å². The van der Waals surface area contributed by atoms with Gasteiger partial charge in [-0.2, -0.15) is 0 Å². The molecule has 1 heterocycles. The smallest absolute Gasteiger partial charge is 0.225 e. The highest BCUT2D eigenvalue weighted by Crippen LogP contribution is 2.28. The minimum atomic E-state index is -1.06. The average Bonchev–Trinajstić information content (AvgIpc) is 3.08. The van der Waals surface area contributed by atoms with Crippen molar-refractivity contribution >= 4 is 17.5 Å². The second-order valence-corrected chi connectivity index (χ2v) is 7.09. The van der Waals surface area contributed by atoms with Crippen LogP contribution in [0.1, 0.15) is 37.7 Å². The van der Waals surface area contributed by atoms with E-state index in [1.165, 1.54) is 0 Å². The van der Waals surface area contributed by atoms with Gasteiger partial charge in [-0.05, 0) is 43.9 Å². The third-order valence-corrected chi connectivity index (χ3v) is 4.87. The van der Waals surface area contributed by atoms with E-state index in [-0.39, 0.29) is 17.9 Å². The van der Waals surface area contributed by atoms with Crippen LogP contribution in [0.5, 0.6) is 0 Å². The van der Waals surface area contributed by atoms with Crippen molar-refractivity contribution in [3.63, 3.8) is 0 Å². The van der Waals surface area contributed by atoms with Crippen LogP contribution in [0.4, 0.5) is 0 Å². The molecule has 1 saturated heterocycles. The summed E-state index contributed by atoms with van der Waals surface area (Å²) < 4.78 is 5.26. The number of halogens is 1. The van der Waals surface area contributed by atoms with Gasteiger partial charge in [-0.1, -0.05) is 29.5 Å². The van der Waals surface area contributed by atoms with E-state index in [4.69, 9.17) is 16.3 Å². The summed E-state index contributed by atoms with van der Waals surface area (Å²) >= 11 is 5.96. The molecule has 1 aliphatic carbocycles. The molecule has 3 rings (SSSR count). The van der Waals surface area contributed by atoms with E-state index in [1.807, 2.05) is 12.1 Å². The number of nitrogens with one attached hydrogen (secondary N) is 1. The van der Waals surface area contributed by atoms with Crippen LogP contribution in [0.15, 0.2) is 24.3 Å². The fraction of sp³-hybridized carbons (Fsp3) is 0.526. The maximum atomic E-state index is 12.2. The summed E-state index contributed by atoms with van der Waals surface area (Å²) in [5.41, 5.74) is -0.282. The van der Waals surface area contributed by atoms with Gasteiger partial charge in [0.25, 0.3) is 0 Å². The lowest BCUT2D eigenvalue weighted by Gasteiger charge is -2.33. The molecule has 0 bridgehead atoms. The predicted octanol–water partition coefficient (Wildman–Crippen LogP) is 2.52. The number of hydrogen-bond donors (Lipinski definition) is 2. The van der Waals surface area contributed by atoms with Crippen LogP contribution in [0.3, 0.4) is 0 Å². The number of carbonyl (C=O) groups is 1. The Bertz CT molecular complexity index is 660. The van der Waals surface area contributed by atoms with Crippen LogP contribution in [-0.4, -0.2) is 35.9 Å². The van der Waals surface area contributed by atoms with Crippen molar-refractivity contribution in [2.45, 2.75) is 43.7 Å². The monoisotopic (exact) mass is 347 g/mol. The van der Waals surface area contributed by atoms with Gasteiger partial charge < -0.3 is 15.2 Å². The quantitative estimate of drug-likeness (QED) is 0.808. The minimum Gasteiger partial charge on any atom is -0.381 e. The van der Waals surface area contributed by atoms with Gasteiger partial charge in [0.15, 0.2) is 0 Å². The van der Waals surface area contributed by atoms with Gasteiger partial charge in [-0.15, -0.1) is 0 Å². The number of amides is 1. The summed E-state index contributed by atoms with van der Waals surface area (Å²) in [7, 11) is 0. The molecule has 1 unspecified atom stereocenters. The zero-order valence-electron chi connectivity index (χ0n) is 13.6. The normalized spacial score (nSPS) is 29.6. The fourth-order valence-electron chi connectivity index (χ4n) is 3.30. The highest BCUT2D eigenvalue weighted by atomic mass is 35.5. The van der Waals surface area contributed by atoms with E-state index in [0.29, 0.717) is 31.1 Å². The lowest BCUT2D eigenvalue weighted by molar-refractivity contribution is -0.126. The molecule has 24 heavy (non-hydrogen) atoms. The highest BCUT2D eigenvalue weighted by molar-refractivity contribution is 6.30. The Kier molecular flexibility index (Phi) is 5.45. The molecule has 1 aromatic rings. The Balaban J connectivity index is 1.62. The Morgan fingerprint density at radius 2 is 2.29 bits per heavy atom. The number of aliphatic hydroxyl groups is 1. The third kappa shape index (κ3) is 4.51. The minimum absolute atomic E-state index is 0.0320. The van der Waals surface area contributed by atoms with Crippen LogP contribution >= 0.6 is 11.6 Å². The van der Waals surface area contributed by atoms with Gasteiger partial charge in [0, 0.05) is 29.7 Å². The van der Waals surface area contributed by atoms with Crippen molar-refractivity contribution in [3.8, 4) is 11.8 Å². The van der Waals surface area contributed by atoms with Gasteiger partial charge in [-0.3, -0.25) is 4.79 Å². The van der Waals surface area contributed by atoms with Crippen molar-refractivity contribution < 1.29 is 14.6 Å². The Hall–Kier alpha value is -1.54. The molecular weight excluding hydrogens is 326 g/mol. The van der Waals surface area contributed by atoms with Gasteiger partial charge in [0.1, 0.15) is 5.60 Å². The molecule has 128 valence electrons. The maximum absolute atomic E-state index is 12.2. The van der Waals surface area contributed by atoms with Crippen molar-refractivity contribution in [3.05, 3.63) is 34.9 Å². The Labute approximate surface area is 147 Å². The highest BCUT2D eigenvalue weighted by Gasteiger charge is 2.35. The summed E-state index contributed by atoms with van der Waals surface area (Å²) in [6.45, 7) is 1.15. The summed E-state index contributed by atoms with van der Waals surface area (Å²) in [5, 5.41) is 14.4. The molecule has 2 aliphatic rings. The lowest BCUT2D eigenvalue weighted by Crippen LogP contribution is -2.46. The van der Waals surface area contributed by atoms with Crippen LogP contribution in [-0.2, 0) is 9.53 Å². The largest absolute Gasteiger partial charge is 0.381 e. The number of benzene rings is 1. The molecule has 1 aliphatic heterocycles. The fourth-order valence-corrected chi connectivity index (χ4v) is 3.49. The molecule has 0 aromatic heterocycles. The molecule has 1 aromatic carbocycles. The summed E-state index contributed by atoms with van der Waals surface area (Å²) in [6, 6.07) is 7.24. The van der Waals surface area contributed by atoms with Crippen LogP contribution < -0.4 is 5.32 Å². The predicted molar refractivity (Wildman–Crippen MR) is 92.6 cm³/mol. The number of carbonyl (C=O) groups excluding carboxylic acids is 1. The first-order valence-corrected chi connectivity index (χ1v) is 8.81. The average molecular weight is 348 g/mol. The number of rotatable bonds is 2. The molecular formula is C19H22ClNO3. The molecule has 3 atom stereocenters. The van der Waals surface area contributed by atoms with Crippen molar-refractivity contribution in [2.24, 2.45) is 5.92 Å². The first-order chi connectivity index (χ1) is 11.5. The van der Waals surface area contributed by atoms with Crippen LogP contribution in [0.25, 0.3) is 0 Å². The molecule has 2 N–H and O–H groups in total. The molecule has 5 heteroatoms. The Morgan fingerprint density at radius 3 is 3.04 bits per heavy atom. The lowest BCUT2D eigenvalue weighted by atomic mass is 9.82. The van der Waals surface area contributed by atoms with E-state index >= 15 is 0 Å². The van der Waals surface area contributed by atoms with E-state index in [1.54, 1.807) is 12.1 Å². The molecule has 0 spiro atoms. The second kappa shape index (κ2) is 7.57. The van der Waals surface area contributed by atoms with Crippen molar-refractivity contribution in [1.82, 2.24) is 5.32 Å². The first-order valence-electron chi connectivity index (χ1n) is 8.43. The van der Waals surface area contributed by atoms with Crippen LogP contribution in [0.2, 0.25) is 5.02 Å². The number of hydrogen-bond acceptors (Lipinski definition) is 3.